The molecule has 0 aromatic heterocycles. The Morgan fingerprint density at radius 3 is 2.67 bits per heavy atom. The van der Waals surface area contributed by atoms with Gasteiger partial charge in [-0.1, -0.05) is 18.2 Å². The van der Waals surface area contributed by atoms with Gasteiger partial charge in [-0.25, -0.2) is 0 Å². The van der Waals surface area contributed by atoms with Crippen LogP contribution in [0.25, 0.3) is 0 Å². The summed E-state index contributed by atoms with van der Waals surface area (Å²) >= 11 is 0. The van der Waals surface area contributed by atoms with Gasteiger partial charge in [0.2, 0.25) is 5.91 Å². The minimum atomic E-state index is -0.149. The number of nitrogens with one attached hydrogen (secondary N) is 2. The summed E-state index contributed by atoms with van der Waals surface area (Å²) in [6, 6.07) is 8.82. The number of benzene rings is 1. The summed E-state index contributed by atoms with van der Waals surface area (Å²) in [4.78, 5) is 14.6. The molecule has 0 saturated carbocycles. The lowest BCUT2D eigenvalue weighted by Gasteiger charge is -2.31. The number of hydrogen-bond donors (Lipinski definition) is 2. The van der Waals surface area contributed by atoms with Crippen molar-refractivity contribution in [3.63, 3.8) is 0 Å². The van der Waals surface area contributed by atoms with Crippen LogP contribution < -0.4 is 15.5 Å². The molecule has 2 N–H and O–H groups in total. The fourth-order valence-corrected chi connectivity index (χ4v) is 3.03. The van der Waals surface area contributed by atoms with E-state index in [0.29, 0.717) is 6.04 Å². The summed E-state index contributed by atoms with van der Waals surface area (Å²) in [5, 5.41) is 6.41. The Morgan fingerprint density at radius 1 is 1.29 bits per heavy atom. The minimum absolute atomic E-state index is 0.0997. The third kappa shape index (κ3) is 3.56. The van der Waals surface area contributed by atoms with Gasteiger partial charge in [0.1, 0.15) is 6.04 Å². The van der Waals surface area contributed by atoms with E-state index < -0.39 is 0 Å². The first-order valence-electron chi connectivity index (χ1n) is 7.87. The molecule has 2 unspecified atom stereocenters. The molecule has 0 bridgehead atoms. The van der Waals surface area contributed by atoms with E-state index in [1.165, 1.54) is 11.3 Å². The fraction of sp³-hybridized carbons (Fsp3) is 0.588. The Morgan fingerprint density at radius 2 is 2.00 bits per heavy atom. The summed E-state index contributed by atoms with van der Waals surface area (Å²) in [6.07, 6.45) is 2.18. The van der Waals surface area contributed by atoms with Crippen LogP contribution in [0.4, 0.5) is 5.69 Å². The Balaban J connectivity index is 2.29. The van der Waals surface area contributed by atoms with Gasteiger partial charge in [0.05, 0.1) is 0 Å². The van der Waals surface area contributed by atoms with Crippen molar-refractivity contribution in [2.45, 2.75) is 51.7 Å². The lowest BCUT2D eigenvalue weighted by molar-refractivity contribution is -0.122. The van der Waals surface area contributed by atoms with Gasteiger partial charge in [-0.15, -0.1) is 0 Å². The summed E-state index contributed by atoms with van der Waals surface area (Å²) in [5.41, 5.74) is 2.47. The molecule has 1 aromatic carbocycles. The third-order valence-electron chi connectivity index (χ3n) is 4.14. The van der Waals surface area contributed by atoms with E-state index in [2.05, 4.69) is 39.8 Å². The summed E-state index contributed by atoms with van der Waals surface area (Å²) in [5.74, 6) is 0.0997. The Hall–Kier alpha value is -1.55. The largest absolute Gasteiger partial charge is 0.360 e. The first-order chi connectivity index (χ1) is 10.0. The second kappa shape index (κ2) is 6.94. The second-order valence-corrected chi connectivity index (χ2v) is 6.07. The van der Waals surface area contributed by atoms with Gasteiger partial charge >= 0.3 is 0 Å². The molecule has 116 valence electrons. The molecule has 0 fully saturated rings. The number of nitrogens with zero attached hydrogens (tertiary/aromatic N) is 1. The van der Waals surface area contributed by atoms with Gasteiger partial charge in [-0.3, -0.25) is 4.79 Å². The van der Waals surface area contributed by atoms with Gasteiger partial charge in [0.15, 0.2) is 0 Å². The Bertz CT molecular complexity index is 487. The molecule has 1 aromatic rings. The molecule has 1 amide bonds. The van der Waals surface area contributed by atoms with Crippen LogP contribution in [0.15, 0.2) is 24.3 Å². The van der Waals surface area contributed by atoms with Gasteiger partial charge < -0.3 is 15.5 Å². The van der Waals surface area contributed by atoms with Crippen LogP contribution in [-0.2, 0) is 4.79 Å². The molecule has 1 heterocycles. The van der Waals surface area contributed by atoms with Crippen LogP contribution in [0, 0.1) is 0 Å². The second-order valence-electron chi connectivity index (χ2n) is 6.07. The van der Waals surface area contributed by atoms with Crippen LogP contribution in [0.2, 0.25) is 0 Å². The maximum absolute atomic E-state index is 12.4. The smallest absolute Gasteiger partial charge is 0.242 e. The van der Waals surface area contributed by atoms with Crippen molar-refractivity contribution in [3.05, 3.63) is 29.8 Å². The van der Waals surface area contributed by atoms with E-state index in [4.69, 9.17) is 0 Å². The average molecular weight is 289 g/mol. The highest BCUT2D eigenvalue weighted by Gasteiger charge is 2.27. The normalized spacial score (nSPS) is 19.9. The highest BCUT2D eigenvalue weighted by Crippen LogP contribution is 2.33. The molecule has 4 nitrogen and oxygen atoms in total. The number of carbonyl (C=O) groups excluding carboxylic acids is 1. The summed E-state index contributed by atoms with van der Waals surface area (Å²) in [6.45, 7) is 6.91. The monoisotopic (exact) mass is 289 g/mol. The summed E-state index contributed by atoms with van der Waals surface area (Å²) < 4.78 is 0. The zero-order valence-corrected chi connectivity index (χ0v) is 13.5. The Labute approximate surface area is 127 Å². The minimum Gasteiger partial charge on any atom is -0.360 e. The van der Waals surface area contributed by atoms with Crippen LogP contribution in [-0.4, -0.2) is 31.6 Å². The van der Waals surface area contributed by atoms with Crippen LogP contribution >= 0.6 is 0 Å². The van der Waals surface area contributed by atoms with Gasteiger partial charge in [-0.2, -0.15) is 0 Å². The predicted octanol–water partition coefficient (Wildman–Crippen LogP) is 2.46. The molecule has 0 spiro atoms. The lowest BCUT2D eigenvalue weighted by atomic mass is 10.0. The number of hydrogen-bond acceptors (Lipinski definition) is 3. The molecule has 1 aliphatic rings. The fourth-order valence-electron chi connectivity index (χ4n) is 3.03. The maximum Gasteiger partial charge on any atom is 0.242 e. The quantitative estimate of drug-likeness (QED) is 0.895. The lowest BCUT2D eigenvalue weighted by Crippen LogP contribution is -2.47. The van der Waals surface area contributed by atoms with Crippen LogP contribution in [0.1, 0.15) is 45.2 Å². The topological polar surface area (TPSA) is 44.4 Å². The number of amides is 1. The zero-order valence-electron chi connectivity index (χ0n) is 13.5. The van der Waals surface area contributed by atoms with Gasteiger partial charge in [0.25, 0.3) is 0 Å². The molecule has 0 radical (unpaired) electrons. The van der Waals surface area contributed by atoms with E-state index in [-0.39, 0.29) is 18.0 Å². The maximum atomic E-state index is 12.4. The van der Waals surface area contributed by atoms with Crippen molar-refractivity contribution in [2.75, 3.05) is 18.5 Å². The highest BCUT2D eigenvalue weighted by molar-refractivity contribution is 5.85. The molecule has 21 heavy (non-hydrogen) atoms. The van der Waals surface area contributed by atoms with Crippen molar-refractivity contribution in [3.8, 4) is 0 Å². The van der Waals surface area contributed by atoms with Crippen LogP contribution in [0.3, 0.4) is 0 Å². The zero-order chi connectivity index (χ0) is 15.4. The molecular formula is C17H27N3O. The molecule has 4 heteroatoms. The third-order valence-corrected chi connectivity index (χ3v) is 4.14. The van der Waals surface area contributed by atoms with Crippen molar-refractivity contribution in [1.82, 2.24) is 10.6 Å². The predicted molar refractivity (Wildman–Crippen MR) is 87.6 cm³/mol. The molecule has 0 saturated heterocycles. The van der Waals surface area contributed by atoms with Crippen molar-refractivity contribution in [2.24, 2.45) is 0 Å². The molecule has 2 atom stereocenters. The van der Waals surface area contributed by atoms with E-state index in [1.54, 1.807) is 0 Å². The van der Waals surface area contributed by atoms with Crippen molar-refractivity contribution in [1.29, 1.82) is 0 Å². The SMILES string of the molecule is CNC1CCCN(C(C)C(=O)NC(C)C)c2ccccc21. The summed E-state index contributed by atoms with van der Waals surface area (Å²) in [7, 11) is 2.01. The number of rotatable bonds is 4. The first kappa shape index (κ1) is 15.8. The molecule has 1 aliphatic heterocycles. The van der Waals surface area contributed by atoms with E-state index in [1.807, 2.05) is 27.8 Å². The first-order valence-corrected chi connectivity index (χ1v) is 7.87. The number of anilines is 1. The van der Waals surface area contributed by atoms with Crippen molar-refractivity contribution < 1.29 is 4.79 Å². The standard InChI is InChI=1S/C17H27N3O/c1-12(2)19-17(21)13(3)20-11-7-9-15(18-4)14-8-5-6-10-16(14)20/h5-6,8,10,12-13,15,18H,7,9,11H2,1-4H3,(H,19,21). The molecular weight excluding hydrogens is 262 g/mol. The average Bonchev–Trinajstić information content (AvgIpc) is 2.65. The number of para-hydroxylation sites is 1. The number of fused-ring (bicyclic) bond motifs is 1. The molecule has 2 rings (SSSR count). The van der Waals surface area contributed by atoms with E-state index in [9.17, 15) is 4.79 Å². The van der Waals surface area contributed by atoms with E-state index in [0.717, 1.165) is 19.4 Å². The van der Waals surface area contributed by atoms with Gasteiger partial charge in [0, 0.05) is 24.3 Å². The van der Waals surface area contributed by atoms with Crippen LogP contribution in [0.5, 0.6) is 0 Å². The molecule has 0 aliphatic carbocycles. The highest BCUT2D eigenvalue weighted by atomic mass is 16.2. The van der Waals surface area contributed by atoms with E-state index >= 15 is 0 Å². The van der Waals surface area contributed by atoms with Gasteiger partial charge in [-0.05, 0) is 52.3 Å². The van der Waals surface area contributed by atoms with Crippen molar-refractivity contribution >= 4 is 11.6 Å². The Kier molecular flexibility index (Phi) is 5.23. The number of carbonyl (C=O) groups is 1.